The van der Waals surface area contributed by atoms with E-state index in [0.29, 0.717) is 6.54 Å². The standard InChI is InChI=1S/C17H24FN3O.C12H29N3/c1-2-3-7-19-8-4-9-20-17(22)10-13-12-21-16-6-5-14(18)11-15(13)16;1-3-4-9-14-10-5-6-11-15-12-7-8-13-2/h5-6,11-12,19,21H,2-4,7-10H2,1H3,(H,20,22);13-15H,3-12H2,1-2H3. The SMILES string of the molecule is CCCCNCCCCNCCCNC.CCCCNCCCNC(=O)Cc1c[nH]c2ccc(F)cc12. The number of H-pyrrole nitrogens is 1. The third-order valence-corrected chi connectivity index (χ3v) is 6.08. The number of nitrogens with one attached hydrogen (secondary N) is 6. The minimum atomic E-state index is -0.285. The number of amides is 1. The number of hydrogen-bond acceptors (Lipinski definition) is 5. The lowest BCUT2D eigenvalue weighted by Gasteiger charge is -2.06. The van der Waals surface area contributed by atoms with Crippen LogP contribution in [0.15, 0.2) is 24.4 Å². The Hall–Kier alpha value is -2.00. The van der Waals surface area contributed by atoms with Gasteiger partial charge in [0.05, 0.1) is 6.42 Å². The van der Waals surface area contributed by atoms with Crippen molar-refractivity contribution in [3.63, 3.8) is 0 Å². The van der Waals surface area contributed by atoms with Crippen molar-refractivity contribution in [3.8, 4) is 0 Å². The number of rotatable bonds is 21. The molecule has 1 amide bonds. The van der Waals surface area contributed by atoms with Gasteiger partial charge in [-0.15, -0.1) is 0 Å². The van der Waals surface area contributed by atoms with Crippen molar-refractivity contribution in [3.05, 3.63) is 35.8 Å². The zero-order chi connectivity index (χ0) is 27.0. The molecular weight excluding hydrogens is 467 g/mol. The highest BCUT2D eigenvalue weighted by atomic mass is 19.1. The summed E-state index contributed by atoms with van der Waals surface area (Å²) < 4.78 is 13.3. The van der Waals surface area contributed by atoms with Gasteiger partial charge < -0.3 is 31.6 Å². The van der Waals surface area contributed by atoms with E-state index in [1.807, 2.05) is 7.05 Å². The molecule has 0 radical (unpaired) electrons. The lowest BCUT2D eigenvalue weighted by molar-refractivity contribution is -0.120. The number of fused-ring (bicyclic) bond motifs is 1. The fourth-order valence-corrected chi connectivity index (χ4v) is 3.84. The second-order valence-corrected chi connectivity index (χ2v) is 9.51. The number of hydrogen-bond donors (Lipinski definition) is 6. The minimum absolute atomic E-state index is 0.0290. The molecule has 1 aromatic carbocycles. The summed E-state index contributed by atoms with van der Waals surface area (Å²) in [6.45, 7) is 12.8. The van der Waals surface area contributed by atoms with Gasteiger partial charge in [-0.1, -0.05) is 26.7 Å². The summed E-state index contributed by atoms with van der Waals surface area (Å²) >= 11 is 0. The molecule has 8 heteroatoms. The van der Waals surface area contributed by atoms with Crippen LogP contribution in [0.2, 0.25) is 0 Å². The van der Waals surface area contributed by atoms with Crippen LogP contribution in [-0.2, 0) is 11.2 Å². The molecule has 0 fully saturated rings. The first-order chi connectivity index (χ1) is 18.1. The second kappa shape index (κ2) is 23.1. The molecule has 2 rings (SSSR count). The lowest BCUT2D eigenvalue weighted by atomic mass is 10.1. The lowest BCUT2D eigenvalue weighted by Crippen LogP contribution is -2.28. The zero-order valence-corrected chi connectivity index (χ0v) is 23.6. The Morgan fingerprint density at radius 3 is 1.95 bits per heavy atom. The maximum Gasteiger partial charge on any atom is 0.224 e. The highest BCUT2D eigenvalue weighted by Crippen LogP contribution is 2.19. The van der Waals surface area contributed by atoms with E-state index >= 15 is 0 Å². The van der Waals surface area contributed by atoms with Crippen LogP contribution in [0.3, 0.4) is 0 Å². The molecule has 0 spiro atoms. The molecular formula is C29H53FN6O. The maximum absolute atomic E-state index is 13.3. The first kappa shape index (κ1) is 33.0. The zero-order valence-electron chi connectivity index (χ0n) is 23.6. The van der Waals surface area contributed by atoms with Gasteiger partial charge in [0.1, 0.15) is 5.82 Å². The molecule has 7 nitrogen and oxygen atoms in total. The summed E-state index contributed by atoms with van der Waals surface area (Å²) in [6, 6.07) is 4.56. The molecule has 0 aliphatic rings. The number of carbonyl (C=O) groups is 1. The van der Waals surface area contributed by atoms with Crippen LogP contribution in [0.4, 0.5) is 4.39 Å². The predicted octanol–water partition coefficient (Wildman–Crippen LogP) is 4.10. The van der Waals surface area contributed by atoms with E-state index in [0.717, 1.165) is 49.1 Å². The maximum atomic E-state index is 13.3. The molecule has 0 saturated heterocycles. The summed E-state index contributed by atoms with van der Waals surface area (Å²) in [5, 5.41) is 17.1. The van der Waals surface area contributed by atoms with Crippen LogP contribution >= 0.6 is 0 Å². The third kappa shape index (κ3) is 17.2. The smallest absolute Gasteiger partial charge is 0.224 e. The van der Waals surface area contributed by atoms with Gasteiger partial charge in [-0.2, -0.15) is 0 Å². The Bertz CT molecular complexity index is 801. The highest BCUT2D eigenvalue weighted by Gasteiger charge is 2.09. The molecule has 0 bridgehead atoms. The predicted molar refractivity (Wildman–Crippen MR) is 156 cm³/mol. The van der Waals surface area contributed by atoms with E-state index in [4.69, 9.17) is 0 Å². The van der Waals surface area contributed by atoms with Crippen LogP contribution in [0, 0.1) is 5.82 Å². The Morgan fingerprint density at radius 1 is 0.784 bits per heavy atom. The number of halogens is 1. The Kier molecular flexibility index (Phi) is 20.7. The van der Waals surface area contributed by atoms with Gasteiger partial charge in [0.2, 0.25) is 5.91 Å². The van der Waals surface area contributed by atoms with Crippen LogP contribution in [0.25, 0.3) is 10.9 Å². The second-order valence-electron chi connectivity index (χ2n) is 9.51. The summed E-state index contributed by atoms with van der Waals surface area (Å²) in [7, 11) is 2.00. The van der Waals surface area contributed by atoms with Crippen LogP contribution < -0.4 is 26.6 Å². The van der Waals surface area contributed by atoms with Crippen molar-refractivity contribution in [1.29, 1.82) is 0 Å². The van der Waals surface area contributed by atoms with Crippen molar-refractivity contribution in [2.45, 2.75) is 71.6 Å². The number of carbonyl (C=O) groups excluding carboxylic acids is 1. The molecule has 0 saturated carbocycles. The number of aromatic nitrogens is 1. The molecule has 0 unspecified atom stereocenters. The Balaban J connectivity index is 0.000000401. The van der Waals surface area contributed by atoms with E-state index in [9.17, 15) is 9.18 Å². The Morgan fingerprint density at radius 2 is 1.35 bits per heavy atom. The first-order valence-electron chi connectivity index (χ1n) is 14.4. The van der Waals surface area contributed by atoms with Gasteiger partial charge in [0.25, 0.3) is 0 Å². The molecule has 37 heavy (non-hydrogen) atoms. The molecule has 2 aromatic rings. The Labute approximate surface area is 224 Å². The molecule has 1 heterocycles. The van der Waals surface area contributed by atoms with Crippen molar-refractivity contribution >= 4 is 16.8 Å². The largest absolute Gasteiger partial charge is 0.361 e. The van der Waals surface area contributed by atoms with Gasteiger partial charge in [0, 0.05) is 23.6 Å². The fraction of sp³-hybridized carbons (Fsp3) is 0.690. The number of aromatic amines is 1. The van der Waals surface area contributed by atoms with Crippen molar-refractivity contribution in [1.82, 2.24) is 31.6 Å². The van der Waals surface area contributed by atoms with Gasteiger partial charge in [0.15, 0.2) is 0 Å². The van der Waals surface area contributed by atoms with E-state index in [1.54, 1.807) is 12.3 Å². The quantitative estimate of drug-likeness (QED) is 0.139. The van der Waals surface area contributed by atoms with Crippen molar-refractivity contribution in [2.75, 3.05) is 59.4 Å². The normalized spacial score (nSPS) is 10.9. The van der Waals surface area contributed by atoms with Gasteiger partial charge in [-0.3, -0.25) is 4.79 Å². The van der Waals surface area contributed by atoms with Crippen molar-refractivity contribution in [2.24, 2.45) is 0 Å². The van der Waals surface area contributed by atoms with Crippen LogP contribution in [0.1, 0.15) is 70.8 Å². The average molecular weight is 521 g/mol. The molecule has 0 atom stereocenters. The molecule has 6 N–H and O–H groups in total. The number of unbranched alkanes of at least 4 members (excludes halogenated alkanes) is 3. The van der Waals surface area contributed by atoms with Gasteiger partial charge >= 0.3 is 0 Å². The summed E-state index contributed by atoms with van der Waals surface area (Å²) in [4.78, 5) is 15.0. The molecule has 0 aliphatic carbocycles. The summed E-state index contributed by atoms with van der Waals surface area (Å²) in [5.41, 5.74) is 1.68. The van der Waals surface area contributed by atoms with Crippen LogP contribution in [0.5, 0.6) is 0 Å². The summed E-state index contributed by atoms with van der Waals surface area (Å²) in [5.74, 6) is -0.314. The molecule has 212 valence electrons. The highest BCUT2D eigenvalue weighted by molar-refractivity contribution is 5.88. The summed E-state index contributed by atoms with van der Waals surface area (Å²) in [6.07, 6.45) is 11.7. The van der Waals surface area contributed by atoms with E-state index < -0.39 is 0 Å². The van der Waals surface area contributed by atoms with Crippen molar-refractivity contribution < 1.29 is 9.18 Å². The van der Waals surface area contributed by atoms with Gasteiger partial charge in [-0.25, -0.2) is 4.39 Å². The number of benzene rings is 1. The van der Waals surface area contributed by atoms with E-state index in [-0.39, 0.29) is 18.1 Å². The minimum Gasteiger partial charge on any atom is -0.361 e. The van der Waals surface area contributed by atoms with E-state index in [1.165, 1.54) is 76.7 Å². The molecule has 1 aromatic heterocycles. The van der Waals surface area contributed by atoms with E-state index in [2.05, 4.69) is 45.4 Å². The average Bonchev–Trinajstić information content (AvgIpc) is 3.28. The fourth-order valence-electron chi connectivity index (χ4n) is 3.84. The monoisotopic (exact) mass is 520 g/mol. The van der Waals surface area contributed by atoms with Gasteiger partial charge in [-0.05, 0) is 115 Å². The molecule has 0 aliphatic heterocycles. The van der Waals surface area contributed by atoms with Crippen LogP contribution in [-0.4, -0.2) is 70.3 Å². The third-order valence-electron chi connectivity index (χ3n) is 6.08. The first-order valence-corrected chi connectivity index (χ1v) is 14.4. The topological polar surface area (TPSA) is 93.0 Å².